The number of hydrogen-bond acceptors (Lipinski definition) is 2. The van der Waals surface area contributed by atoms with Crippen LogP contribution in [0.4, 0.5) is 0 Å². The molecular formula is C12H17NO2. The lowest BCUT2D eigenvalue weighted by molar-refractivity contribution is -0.131. The summed E-state index contributed by atoms with van der Waals surface area (Å²) in [5.41, 5.74) is 1.10. The minimum Gasteiger partial charge on any atom is -0.378 e. The van der Waals surface area contributed by atoms with Crippen molar-refractivity contribution in [2.75, 3.05) is 26.3 Å². The van der Waals surface area contributed by atoms with Gasteiger partial charge in [0.15, 0.2) is 0 Å². The molecule has 1 amide bonds. The highest BCUT2D eigenvalue weighted by molar-refractivity contribution is 5.94. The molecule has 3 aliphatic rings. The number of morpholine rings is 1. The van der Waals surface area contributed by atoms with E-state index in [0.29, 0.717) is 25.0 Å². The third-order valence-corrected chi connectivity index (χ3v) is 3.87. The van der Waals surface area contributed by atoms with Gasteiger partial charge in [-0.25, -0.2) is 0 Å². The van der Waals surface area contributed by atoms with Gasteiger partial charge in [-0.1, -0.05) is 6.08 Å². The van der Waals surface area contributed by atoms with Gasteiger partial charge in [0.1, 0.15) is 0 Å². The van der Waals surface area contributed by atoms with Crippen LogP contribution in [0.3, 0.4) is 0 Å². The molecule has 3 heteroatoms. The molecule has 1 saturated heterocycles. The van der Waals surface area contributed by atoms with Crippen LogP contribution in [0.2, 0.25) is 0 Å². The Labute approximate surface area is 90.1 Å². The third kappa shape index (κ3) is 1.59. The fourth-order valence-electron chi connectivity index (χ4n) is 3.04. The molecule has 0 aromatic heterocycles. The van der Waals surface area contributed by atoms with Crippen LogP contribution in [0.1, 0.15) is 19.3 Å². The summed E-state index contributed by atoms with van der Waals surface area (Å²) in [5.74, 6) is 1.56. The second kappa shape index (κ2) is 3.63. The molecule has 2 aliphatic carbocycles. The molecule has 2 bridgehead atoms. The minimum atomic E-state index is 0.283. The van der Waals surface area contributed by atoms with Crippen molar-refractivity contribution >= 4 is 5.91 Å². The van der Waals surface area contributed by atoms with Gasteiger partial charge in [0.2, 0.25) is 5.91 Å². The van der Waals surface area contributed by atoms with Gasteiger partial charge in [-0.15, -0.1) is 0 Å². The fraction of sp³-hybridized carbons (Fsp3) is 0.750. The summed E-state index contributed by atoms with van der Waals surface area (Å²) in [6.45, 7) is 2.95. The highest BCUT2D eigenvalue weighted by Crippen LogP contribution is 2.44. The number of hydrogen-bond donors (Lipinski definition) is 0. The first-order chi connectivity index (χ1) is 7.34. The first-order valence-corrected chi connectivity index (χ1v) is 5.93. The summed E-state index contributed by atoms with van der Waals surface area (Å²) in [7, 11) is 0. The quantitative estimate of drug-likeness (QED) is 0.646. The highest BCUT2D eigenvalue weighted by atomic mass is 16.5. The second-order valence-corrected chi connectivity index (χ2v) is 4.80. The third-order valence-electron chi connectivity index (χ3n) is 3.87. The molecule has 3 nitrogen and oxygen atoms in total. The van der Waals surface area contributed by atoms with Gasteiger partial charge in [0, 0.05) is 18.7 Å². The molecule has 3 rings (SSSR count). The molecule has 0 spiro atoms. The maximum absolute atomic E-state index is 12.2. The summed E-state index contributed by atoms with van der Waals surface area (Å²) in [6.07, 6.45) is 5.98. The van der Waals surface area contributed by atoms with E-state index in [9.17, 15) is 4.79 Å². The molecule has 2 unspecified atom stereocenters. The van der Waals surface area contributed by atoms with Crippen molar-refractivity contribution in [1.29, 1.82) is 0 Å². The predicted octanol–water partition coefficient (Wildman–Crippen LogP) is 1.20. The minimum absolute atomic E-state index is 0.283. The molecule has 1 saturated carbocycles. The van der Waals surface area contributed by atoms with Crippen LogP contribution < -0.4 is 0 Å². The molecule has 0 N–H and O–H groups in total. The van der Waals surface area contributed by atoms with Crippen molar-refractivity contribution in [2.45, 2.75) is 19.3 Å². The van der Waals surface area contributed by atoms with E-state index in [0.717, 1.165) is 18.7 Å². The molecule has 2 atom stereocenters. The zero-order valence-electron chi connectivity index (χ0n) is 8.95. The predicted molar refractivity (Wildman–Crippen MR) is 56.3 cm³/mol. The van der Waals surface area contributed by atoms with Crippen LogP contribution in [-0.4, -0.2) is 37.1 Å². The van der Waals surface area contributed by atoms with E-state index in [1.807, 2.05) is 4.90 Å². The molecule has 0 aromatic carbocycles. The summed E-state index contributed by atoms with van der Waals surface area (Å²) >= 11 is 0. The van der Waals surface area contributed by atoms with Gasteiger partial charge in [-0.3, -0.25) is 4.79 Å². The average molecular weight is 207 g/mol. The second-order valence-electron chi connectivity index (χ2n) is 4.80. The SMILES string of the molecule is O=C(C1=CC2CCC1C2)N1CCOCC1. The van der Waals surface area contributed by atoms with Crippen LogP contribution in [0.5, 0.6) is 0 Å². The lowest BCUT2D eigenvalue weighted by Crippen LogP contribution is -2.42. The van der Waals surface area contributed by atoms with Gasteiger partial charge >= 0.3 is 0 Å². The van der Waals surface area contributed by atoms with Crippen molar-refractivity contribution in [3.8, 4) is 0 Å². The van der Waals surface area contributed by atoms with Gasteiger partial charge in [-0.2, -0.15) is 0 Å². The number of nitrogens with zero attached hydrogens (tertiary/aromatic N) is 1. The summed E-state index contributed by atoms with van der Waals surface area (Å²) < 4.78 is 5.26. The Kier molecular flexibility index (Phi) is 2.28. The van der Waals surface area contributed by atoms with Gasteiger partial charge in [0.25, 0.3) is 0 Å². The normalized spacial score (nSPS) is 34.4. The molecule has 2 fully saturated rings. The zero-order chi connectivity index (χ0) is 10.3. The van der Waals surface area contributed by atoms with E-state index in [1.165, 1.54) is 19.3 Å². The number of ether oxygens (including phenoxy) is 1. The van der Waals surface area contributed by atoms with Crippen molar-refractivity contribution in [1.82, 2.24) is 4.90 Å². The van der Waals surface area contributed by atoms with Gasteiger partial charge < -0.3 is 9.64 Å². The largest absolute Gasteiger partial charge is 0.378 e. The molecule has 0 aromatic rings. The van der Waals surface area contributed by atoms with Crippen molar-refractivity contribution < 1.29 is 9.53 Å². The number of rotatable bonds is 1. The monoisotopic (exact) mass is 207 g/mol. The summed E-state index contributed by atoms with van der Waals surface area (Å²) in [5, 5.41) is 0. The Hall–Kier alpha value is -0.830. The van der Waals surface area contributed by atoms with Crippen molar-refractivity contribution in [2.24, 2.45) is 11.8 Å². The number of fused-ring (bicyclic) bond motifs is 2. The van der Waals surface area contributed by atoms with E-state index < -0.39 is 0 Å². The van der Waals surface area contributed by atoms with E-state index in [2.05, 4.69) is 6.08 Å². The molecule has 0 radical (unpaired) electrons. The Morgan fingerprint density at radius 3 is 2.73 bits per heavy atom. The number of carbonyl (C=O) groups excluding carboxylic acids is 1. The van der Waals surface area contributed by atoms with Gasteiger partial charge in [-0.05, 0) is 31.1 Å². The van der Waals surface area contributed by atoms with Crippen molar-refractivity contribution in [3.63, 3.8) is 0 Å². The van der Waals surface area contributed by atoms with Crippen molar-refractivity contribution in [3.05, 3.63) is 11.6 Å². The average Bonchev–Trinajstić information content (AvgIpc) is 2.91. The summed E-state index contributed by atoms with van der Waals surface area (Å²) in [4.78, 5) is 14.1. The molecule has 1 heterocycles. The Morgan fingerprint density at radius 1 is 1.33 bits per heavy atom. The lowest BCUT2D eigenvalue weighted by atomic mass is 9.97. The maximum atomic E-state index is 12.2. The van der Waals surface area contributed by atoms with Crippen LogP contribution in [-0.2, 0) is 9.53 Å². The Balaban J connectivity index is 1.71. The number of allylic oxidation sites excluding steroid dienone is 1. The Morgan fingerprint density at radius 2 is 2.13 bits per heavy atom. The van der Waals surface area contributed by atoms with E-state index >= 15 is 0 Å². The molecular weight excluding hydrogens is 190 g/mol. The fourth-order valence-corrected chi connectivity index (χ4v) is 3.04. The molecule has 1 aliphatic heterocycles. The number of carbonyl (C=O) groups is 1. The first kappa shape index (κ1) is 9.40. The van der Waals surface area contributed by atoms with E-state index in [-0.39, 0.29) is 5.91 Å². The van der Waals surface area contributed by atoms with Crippen LogP contribution >= 0.6 is 0 Å². The van der Waals surface area contributed by atoms with Crippen LogP contribution in [0.25, 0.3) is 0 Å². The first-order valence-electron chi connectivity index (χ1n) is 5.93. The zero-order valence-corrected chi connectivity index (χ0v) is 8.95. The topological polar surface area (TPSA) is 29.5 Å². The smallest absolute Gasteiger partial charge is 0.249 e. The van der Waals surface area contributed by atoms with Crippen LogP contribution in [0, 0.1) is 11.8 Å². The maximum Gasteiger partial charge on any atom is 0.249 e. The van der Waals surface area contributed by atoms with E-state index in [1.54, 1.807) is 0 Å². The lowest BCUT2D eigenvalue weighted by Gasteiger charge is -2.28. The molecule has 82 valence electrons. The highest BCUT2D eigenvalue weighted by Gasteiger charge is 2.37. The Bertz CT molecular complexity index is 305. The van der Waals surface area contributed by atoms with Crippen LogP contribution in [0.15, 0.2) is 11.6 Å². The molecule has 15 heavy (non-hydrogen) atoms. The standard InChI is InChI=1S/C12H17NO2/c14-12(13-3-5-15-6-4-13)11-8-9-1-2-10(11)7-9/h8-10H,1-7H2. The number of amides is 1. The summed E-state index contributed by atoms with van der Waals surface area (Å²) in [6, 6.07) is 0. The van der Waals surface area contributed by atoms with Gasteiger partial charge in [0.05, 0.1) is 13.2 Å². The van der Waals surface area contributed by atoms with E-state index in [4.69, 9.17) is 4.74 Å².